The van der Waals surface area contributed by atoms with Crippen LogP contribution in [0.3, 0.4) is 0 Å². The van der Waals surface area contributed by atoms with E-state index in [0.29, 0.717) is 18.7 Å². The van der Waals surface area contributed by atoms with Gasteiger partial charge in [-0.15, -0.1) is 0 Å². The van der Waals surface area contributed by atoms with Crippen LogP contribution >= 0.6 is 0 Å². The molecule has 1 fully saturated rings. The first-order chi connectivity index (χ1) is 12.0. The Morgan fingerprint density at radius 1 is 1.32 bits per heavy atom. The monoisotopic (exact) mass is 343 g/mol. The molecule has 1 aliphatic heterocycles. The molecule has 3 amide bonds. The summed E-state index contributed by atoms with van der Waals surface area (Å²) in [6, 6.07) is 7.12. The summed E-state index contributed by atoms with van der Waals surface area (Å²) in [5, 5.41) is 5.57. The topological polar surface area (TPSA) is 78.5 Å². The summed E-state index contributed by atoms with van der Waals surface area (Å²) in [6.07, 6.45) is 2.94. The van der Waals surface area contributed by atoms with Crippen LogP contribution in [-0.2, 0) is 20.8 Å². The number of nitrogens with zero attached hydrogens (tertiary/aromatic N) is 1. The minimum absolute atomic E-state index is 0.0655. The summed E-state index contributed by atoms with van der Waals surface area (Å²) >= 11 is 0. The fourth-order valence-corrected chi connectivity index (χ4v) is 2.88. The number of carbonyl (C=O) groups excluding carboxylic acids is 3. The molecule has 1 aliphatic rings. The van der Waals surface area contributed by atoms with Gasteiger partial charge in [0.05, 0.1) is 6.42 Å². The minimum atomic E-state index is -0.270. The summed E-state index contributed by atoms with van der Waals surface area (Å²) in [5.74, 6) is 0.0377. The van der Waals surface area contributed by atoms with Gasteiger partial charge in [-0.3, -0.25) is 14.4 Å². The Bertz CT molecular complexity index is 640. The highest BCUT2D eigenvalue weighted by atomic mass is 16.2. The van der Waals surface area contributed by atoms with Crippen LogP contribution in [0.1, 0.15) is 25.3 Å². The average molecular weight is 343 g/mol. The molecule has 0 bridgehead atoms. The summed E-state index contributed by atoms with van der Waals surface area (Å²) in [6.45, 7) is 7.49. The molecule has 0 radical (unpaired) electrons. The Kier molecular flexibility index (Phi) is 6.74. The Balaban J connectivity index is 1.76. The molecule has 0 saturated carbocycles. The smallest absolute Gasteiger partial charge is 0.247 e. The van der Waals surface area contributed by atoms with Crippen LogP contribution in [-0.4, -0.2) is 42.3 Å². The third kappa shape index (κ3) is 5.74. The zero-order chi connectivity index (χ0) is 18.2. The molecule has 1 atom stereocenters. The van der Waals surface area contributed by atoms with E-state index in [1.165, 1.54) is 6.08 Å². The van der Waals surface area contributed by atoms with Gasteiger partial charge in [0, 0.05) is 37.7 Å². The van der Waals surface area contributed by atoms with Gasteiger partial charge in [-0.2, -0.15) is 0 Å². The van der Waals surface area contributed by atoms with Gasteiger partial charge in [-0.25, -0.2) is 0 Å². The summed E-state index contributed by atoms with van der Waals surface area (Å²) < 4.78 is 0. The number of hydrogen-bond acceptors (Lipinski definition) is 3. The summed E-state index contributed by atoms with van der Waals surface area (Å²) in [5.41, 5.74) is 1.53. The average Bonchev–Trinajstić information content (AvgIpc) is 2.95. The summed E-state index contributed by atoms with van der Waals surface area (Å²) in [7, 11) is 0. The third-order valence-electron chi connectivity index (χ3n) is 4.15. The molecule has 25 heavy (non-hydrogen) atoms. The first-order valence-electron chi connectivity index (χ1n) is 8.58. The second-order valence-corrected chi connectivity index (χ2v) is 6.28. The lowest BCUT2D eigenvalue weighted by Crippen LogP contribution is -2.32. The number of benzene rings is 1. The van der Waals surface area contributed by atoms with Crippen molar-refractivity contribution in [2.75, 3.05) is 25.0 Å². The molecule has 1 aromatic rings. The molecule has 0 aromatic heterocycles. The van der Waals surface area contributed by atoms with E-state index < -0.39 is 0 Å². The maximum Gasteiger partial charge on any atom is 0.247 e. The standard InChI is InChI=1S/C19H25N3O3/c1-3-9-22-13-15(11-19(22)25)12-20-18(24)10-14-5-7-16(8-6-14)21-17(23)4-2/h4-8,15H,2-3,9-13H2,1H3,(H,20,24)(H,21,23). The van der Waals surface area contributed by atoms with E-state index in [1.54, 1.807) is 24.3 Å². The van der Waals surface area contributed by atoms with Crippen molar-refractivity contribution in [2.45, 2.75) is 26.2 Å². The van der Waals surface area contributed by atoms with Gasteiger partial charge in [0.1, 0.15) is 0 Å². The highest BCUT2D eigenvalue weighted by Crippen LogP contribution is 2.17. The summed E-state index contributed by atoms with van der Waals surface area (Å²) in [4.78, 5) is 37.0. The van der Waals surface area contributed by atoms with Crippen LogP contribution in [0.25, 0.3) is 0 Å². The molecule has 0 aliphatic carbocycles. The predicted molar refractivity (Wildman–Crippen MR) is 97.0 cm³/mol. The molecule has 0 spiro atoms. The van der Waals surface area contributed by atoms with E-state index in [4.69, 9.17) is 0 Å². The molecule has 1 aromatic carbocycles. The van der Waals surface area contributed by atoms with Crippen LogP contribution < -0.4 is 10.6 Å². The lowest BCUT2D eigenvalue weighted by atomic mass is 10.1. The molecular weight excluding hydrogens is 318 g/mol. The molecule has 2 rings (SSSR count). The van der Waals surface area contributed by atoms with Gasteiger partial charge in [0.15, 0.2) is 0 Å². The molecule has 134 valence electrons. The van der Waals surface area contributed by atoms with Gasteiger partial charge in [0.25, 0.3) is 0 Å². The number of anilines is 1. The molecular formula is C19H25N3O3. The van der Waals surface area contributed by atoms with E-state index in [1.807, 2.05) is 4.90 Å². The molecule has 6 heteroatoms. The Labute approximate surface area is 148 Å². The van der Waals surface area contributed by atoms with Crippen molar-refractivity contribution < 1.29 is 14.4 Å². The van der Waals surface area contributed by atoms with E-state index >= 15 is 0 Å². The number of carbonyl (C=O) groups is 3. The van der Waals surface area contributed by atoms with Crippen molar-refractivity contribution in [2.24, 2.45) is 5.92 Å². The van der Waals surface area contributed by atoms with E-state index in [-0.39, 0.29) is 30.1 Å². The van der Waals surface area contributed by atoms with Crippen molar-refractivity contribution in [3.8, 4) is 0 Å². The van der Waals surface area contributed by atoms with Crippen LogP contribution in [0.2, 0.25) is 0 Å². The quantitative estimate of drug-likeness (QED) is 0.706. The fraction of sp³-hybridized carbons (Fsp3) is 0.421. The highest BCUT2D eigenvalue weighted by Gasteiger charge is 2.28. The van der Waals surface area contributed by atoms with Gasteiger partial charge in [-0.1, -0.05) is 25.6 Å². The van der Waals surface area contributed by atoms with Crippen molar-refractivity contribution in [3.05, 3.63) is 42.5 Å². The Morgan fingerprint density at radius 3 is 2.68 bits per heavy atom. The van der Waals surface area contributed by atoms with Crippen molar-refractivity contribution in [1.29, 1.82) is 0 Å². The van der Waals surface area contributed by atoms with Gasteiger partial charge < -0.3 is 15.5 Å². The van der Waals surface area contributed by atoms with Gasteiger partial charge >= 0.3 is 0 Å². The van der Waals surface area contributed by atoms with E-state index in [0.717, 1.165) is 25.1 Å². The second-order valence-electron chi connectivity index (χ2n) is 6.28. The first-order valence-corrected chi connectivity index (χ1v) is 8.58. The minimum Gasteiger partial charge on any atom is -0.355 e. The lowest BCUT2D eigenvalue weighted by Gasteiger charge is -2.15. The number of rotatable bonds is 8. The van der Waals surface area contributed by atoms with Crippen molar-refractivity contribution >= 4 is 23.4 Å². The first kappa shape index (κ1) is 18.7. The van der Waals surface area contributed by atoms with Crippen LogP contribution in [0.4, 0.5) is 5.69 Å². The second kappa shape index (κ2) is 9.01. The van der Waals surface area contributed by atoms with Crippen LogP contribution in [0.15, 0.2) is 36.9 Å². The number of amides is 3. The number of nitrogens with one attached hydrogen (secondary N) is 2. The number of likely N-dealkylation sites (tertiary alicyclic amines) is 1. The largest absolute Gasteiger partial charge is 0.355 e. The maximum absolute atomic E-state index is 12.1. The molecule has 1 unspecified atom stereocenters. The van der Waals surface area contributed by atoms with Crippen molar-refractivity contribution in [1.82, 2.24) is 10.2 Å². The van der Waals surface area contributed by atoms with Crippen LogP contribution in [0.5, 0.6) is 0 Å². The SMILES string of the molecule is C=CC(=O)Nc1ccc(CC(=O)NCC2CC(=O)N(CCC)C2)cc1. The zero-order valence-corrected chi connectivity index (χ0v) is 14.6. The fourth-order valence-electron chi connectivity index (χ4n) is 2.88. The maximum atomic E-state index is 12.1. The number of hydrogen-bond donors (Lipinski definition) is 2. The van der Waals surface area contributed by atoms with Crippen molar-refractivity contribution in [3.63, 3.8) is 0 Å². The highest BCUT2D eigenvalue weighted by molar-refractivity contribution is 5.98. The molecule has 2 N–H and O–H groups in total. The Hall–Kier alpha value is -2.63. The van der Waals surface area contributed by atoms with Gasteiger partial charge in [-0.05, 0) is 30.2 Å². The lowest BCUT2D eigenvalue weighted by molar-refractivity contribution is -0.127. The third-order valence-corrected chi connectivity index (χ3v) is 4.15. The van der Waals surface area contributed by atoms with E-state index in [9.17, 15) is 14.4 Å². The molecule has 6 nitrogen and oxygen atoms in total. The molecule has 1 heterocycles. The molecule has 1 saturated heterocycles. The zero-order valence-electron chi connectivity index (χ0n) is 14.6. The van der Waals surface area contributed by atoms with Crippen LogP contribution in [0, 0.1) is 5.92 Å². The van der Waals surface area contributed by atoms with E-state index in [2.05, 4.69) is 24.1 Å². The Morgan fingerprint density at radius 2 is 2.04 bits per heavy atom. The van der Waals surface area contributed by atoms with Gasteiger partial charge in [0.2, 0.25) is 17.7 Å². The normalized spacial score (nSPS) is 16.6. The predicted octanol–water partition coefficient (Wildman–Crippen LogP) is 1.73.